The first-order valence-corrected chi connectivity index (χ1v) is 6.93. The molecule has 1 heterocycles. The zero-order chi connectivity index (χ0) is 15.3. The van der Waals surface area contributed by atoms with Crippen molar-refractivity contribution in [2.45, 2.75) is 20.8 Å². The summed E-state index contributed by atoms with van der Waals surface area (Å²) in [4.78, 5) is 31.3. The summed E-state index contributed by atoms with van der Waals surface area (Å²) >= 11 is 6.04. The van der Waals surface area contributed by atoms with Crippen LogP contribution in [0.4, 0.5) is 0 Å². The molecule has 0 unspecified atom stereocenters. The molecule has 0 aliphatic heterocycles. The Labute approximate surface area is 124 Å². The van der Waals surface area contributed by atoms with Crippen molar-refractivity contribution in [1.82, 2.24) is 14.8 Å². The molecule has 0 fully saturated rings. The van der Waals surface area contributed by atoms with Crippen molar-refractivity contribution in [2.24, 2.45) is 0 Å². The van der Waals surface area contributed by atoms with Crippen molar-refractivity contribution in [1.29, 1.82) is 0 Å². The van der Waals surface area contributed by atoms with E-state index >= 15 is 0 Å². The van der Waals surface area contributed by atoms with Crippen LogP contribution in [0.15, 0.2) is 12.3 Å². The maximum atomic E-state index is 12.2. The summed E-state index contributed by atoms with van der Waals surface area (Å²) in [6.07, 6.45) is 1.44. The Morgan fingerprint density at radius 1 is 1.30 bits per heavy atom. The Balaban J connectivity index is 2.79. The van der Waals surface area contributed by atoms with Gasteiger partial charge in [0.1, 0.15) is 0 Å². The Hall–Kier alpha value is -1.62. The minimum Gasteiger partial charge on any atom is -0.342 e. The van der Waals surface area contributed by atoms with Crippen LogP contribution in [-0.4, -0.2) is 53.3 Å². The first-order valence-electron chi connectivity index (χ1n) is 6.56. The second-order valence-corrected chi connectivity index (χ2v) is 4.94. The standard InChI is InChI=1S/C14H20ClN3O2/c1-5-18(6-2)13(19)9-17(4)14(20)11-8-16-10(3)7-12(11)15/h7-8H,5-6,9H2,1-4H3. The van der Waals surface area contributed by atoms with Gasteiger partial charge in [-0.05, 0) is 26.8 Å². The summed E-state index contributed by atoms with van der Waals surface area (Å²) in [7, 11) is 1.58. The topological polar surface area (TPSA) is 53.5 Å². The summed E-state index contributed by atoms with van der Waals surface area (Å²) in [6, 6.07) is 1.63. The number of aromatic nitrogens is 1. The van der Waals surface area contributed by atoms with Gasteiger partial charge in [-0.3, -0.25) is 14.6 Å². The smallest absolute Gasteiger partial charge is 0.257 e. The number of carbonyl (C=O) groups is 2. The highest BCUT2D eigenvalue weighted by atomic mass is 35.5. The lowest BCUT2D eigenvalue weighted by Crippen LogP contribution is -2.41. The van der Waals surface area contributed by atoms with E-state index in [4.69, 9.17) is 11.6 Å². The van der Waals surface area contributed by atoms with E-state index in [1.54, 1.807) is 24.9 Å². The minimum atomic E-state index is -0.303. The van der Waals surface area contributed by atoms with Gasteiger partial charge in [-0.15, -0.1) is 0 Å². The maximum absolute atomic E-state index is 12.2. The van der Waals surface area contributed by atoms with E-state index in [0.29, 0.717) is 23.7 Å². The average Bonchev–Trinajstić information content (AvgIpc) is 2.39. The molecule has 5 nitrogen and oxygen atoms in total. The first-order chi connectivity index (χ1) is 9.40. The van der Waals surface area contributed by atoms with Crippen molar-refractivity contribution in [3.63, 3.8) is 0 Å². The molecule has 0 aromatic carbocycles. The Kier molecular flexibility index (Phi) is 5.95. The van der Waals surface area contributed by atoms with Crippen molar-refractivity contribution in [3.8, 4) is 0 Å². The summed E-state index contributed by atoms with van der Waals surface area (Å²) in [5.41, 5.74) is 1.06. The van der Waals surface area contributed by atoms with E-state index in [-0.39, 0.29) is 18.4 Å². The second kappa shape index (κ2) is 7.24. The monoisotopic (exact) mass is 297 g/mol. The van der Waals surface area contributed by atoms with Gasteiger partial charge in [-0.1, -0.05) is 11.6 Å². The molecule has 0 N–H and O–H groups in total. The molecule has 110 valence electrons. The summed E-state index contributed by atoms with van der Waals surface area (Å²) in [6.45, 7) is 6.90. The number of nitrogens with zero attached hydrogens (tertiary/aromatic N) is 3. The van der Waals surface area contributed by atoms with Gasteiger partial charge in [0, 0.05) is 32.0 Å². The highest BCUT2D eigenvalue weighted by Gasteiger charge is 2.20. The van der Waals surface area contributed by atoms with Crippen molar-refractivity contribution in [2.75, 3.05) is 26.7 Å². The van der Waals surface area contributed by atoms with E-state index in [2.05, 4.69) is 4.98 Å². The molecular formula is C14H20ClN3O2. The van der Waals surface area contributed by atoms with Gasteiger partial charge in [0.2, 0.25) is 5.91 Å². The summed E-state index contributed by atoms with van der Waals surface area (Å²) in [5.74, 6) is -0.384. The van der Waals surface area contributed by atoms with E-state index in [1.807, 2.05) is 13.8 Å². The Bertz CT molecular complexity index is 501. The number of likely N-dealkylation sites (N-methyl/N-ethyl adjacent to an activating group) is 2. The van der Waals surface area contributed by atoms with E-state index in [0.717, 1.165) is 5.69 Å². The normalized spacial score (nSPS) is 10.2. The first kappa shape index (κ1) is 16.4. The molecule has 0 bridgehead atoms. The third kappa shape index (κ3) is 3.93. The number of rotatable bonds is 5. The van der Waals surface area contributed by atoms with Gasteiger partial charge < -0.3 is 9.80 Å². The molecule has 6 heteroatoms. The fourth-order valence-electron chi connectivity index (χ4n) is 1.84. The van der Waals surface area contributed by atoms with E-state index in [9.17, 15) is 9.59 Å². The molecule has 0 radical (unpaired) electrons. The SMILES string of the molecule is CCN(CC)C(=O)CN(C)C(=O)c1cnc(C)cc1Cl. The summed E-state index contributed by atoms with van der Waals surface area (Å²) < 4.78 is 0. The highest BCUT2D eigenvalue weighted by Crippen LogP contribution is 2.17. The zero-order valence-corrected chi connectivity index (χ0v) is 13.1. The Morgan fingerprint density at radius 2 is 1.90 bits per heavy atom. The molecule has 1 aromatic heterocycles. The van der Waals surface area contributed by atoms with E-state index in [1.165, 1.54) is 11.1 Å². The highest BCUT2D eigenvalue weighted by molar-refractivity contribution is 6.33. The fourth-order valence-corrected chi connectivity index (χ4v) is 2.13. The molecule has 0 spiro atoms. The van der Waals surface area contributed by atoms with Crippen LogP contribution in [0.2, 0.25) is 5.02 Å². The van der Waals surface area contributed by atoms with Gasteiger partial charge >= 0.3 is 0 Å². The van der Waals surface area contributed by atoms with Crippen LogP contribution in [0.25, 0.3) is 0 Å². The molecule has 0 atom stereocenters. The van der Waals surface area contributed by atoms with Gasteiger partial charge in [0.15, 0.2) is 0 Å². The van der Waals surface area contributed by atoms with Crippen LogP contribution in [0, 0.1) is 6.92 Å². The molecule has 0 saturated carbocycles. The minimum absolute atomic E-state index is 0.0325. The molecule has 1 aromatic rings. The van der Waals surface area contributed by atoms with Crippen LogP contribution in [-0.2, 0) is 4.79 Å². The Morgan fingerprint density at radius 3 is 2.40 bits per heavy atom. The lowest BCUT2D eigenvalue weighted by Gasteiger charge is -2.23. The lowest BCUT2D eigenvalue weighted by molar-refractivity contribution is -0.131. The predicted molar refractivity (Wildman–Crippen MR) is 78.9 cm³/mol. The molecule has 0 saturated heterocycles. The van der Waals surface area contributed by atoms with Crippen LogP contribution >= 0.6 is 11.6 Å². The number of halogens is 1. The third-order valence-electron chi connectivity index (χ3n) is 3.06. The van der Waals surface area contributed by atoms with E-state index < -0.39 is 0 Å². The van der Waals surface area contributed by atoms with Crippen LogP contribution in [0.3, 0.4) is 0 Å². The van der Waals surface area contributed by atoms with Gasteiger partial charge in [0.25, 0.3) is 5.91 Å². The lowest BCUT2D eigenvalue weighted by atomic mass is 10.2. The molecular weight excluding hydrogens is 278 g/mol. The van der Waals surface area contributed by atoms with Gasteiger partial charge in [0.05, 0.1) is 17.1 Å². The quantitative estimate of drug-likeness (QED) is 0.835. The average molecular weight is 298 g/mol. The van der Waals surface area contributed by atoms with Crippen molar-refractivity contribution < 1.29 is 9.59 Å². The van der Waals surface area contributed by atoms with Crippen LogP contribution < -0.4 is 0 Å². The number of pyridine rings is 1. The van der Waals surface area contributed by atoms with Gasteiger partial charge in [-0.25, -0.2) is 0 Å². The fraction of sp³-hybridized carbons (Fsp3) is 0.500. The summed E-state index contributed by atoms with van der Waals surface area (Å²) in [5, 5.41) is 0.352. The largest absolute Gasteiger partial charge is 0.342 e. The van der Waals surface area contributed by atoms with Crippen molar-refractivity contribution in [3.05, 3.63) is 28.5 Å². The number of amides is 2. The molecule has 1 rings (SSSR count). The maximum Gasteiger partial charge on any atom is 0.257 e. The zero-order valence-electron chi connectivity index (χ0n) is 12.3. The van der Waals surface area contributed by atoms with Crippen LogP contribution in [0.1, 0.15) is 29.9 Å². The third-order valence-corrected chi connectivity index (χ3v) is 3.37. The second-order valence-electron chi connectivity index (χ2n) is 4.53. The predicted octanol–water partition coefficient (Wildman–Crippen LogP) is 1.98. The number of aryl methyl sites for hydroxylation is 1. The van der Waals surface area contributed by atoms with Crippen LogP contribution in [0.5, 0.6) is 0 Å². The molecule has 0 aliphatic rings. The number of carbonyl (C=O) groups excluding carboxylic acids is 2. The molecule has 0 aliphatic carbocycles. The molecule has 20 heavy (non-hydrogen) atoms. The molecule has 2 amide bonds. The van der Waals surface area contributed by atoms with Crippen molar-refractivity contribution >= 4 is 23.4 Å². The van der Waals surface area contributed by atoms with Gasteiger partial charge in [-0.2, -0.15) is 0 Å². The number of hydrogen-bond donors (Lipinski definition) is 0. The number of hydrogen-bond acceptors (Lipinski definition) is 3.